The van der Waals surface area contributed by atoms with Crippen LogP contribution in [-0.2, 0) is 27.0 Å². The third-order valence-corrected chi connectivity index (χ3v) is 2.75. The zero-order chi connectivity index (χ0) is 15.7. The van der Waals surface area contributed by atoms with Crippen molar-refractivity contribution in [1.29, 1.82) is 0 Å². The van der Waals surface area contributed by atoms with Crippen molar-refractivity contribution in [1.82, 2.24) is 0 Å². The second-order valence-corrected chi connectivity index (χ2v) is 4.96. The Balaban J connectivity index is 2.01. The SMILES string of the molecule is COC1(OCc2ccc(C(F)(F)F)cc2)N=NC(C)(C)O1. The van der Waals surface area contributed by atoms with Gasteiger partial charge < -0.3 is 9.47 Å². The average molecular weight is 304 g/mol. The van der Waals surface area contributed by atoms with Crippen molar-refractivity contribution >= 4 is 0 Å². The molecule has 0 bridgehead atoms. The van der Waals surface area contributed by atoms with Gasteiger partial charge in [0.05, 0.1) is 12.2 Å². The summed E-state index contributed by atoms with van der Waals surface area (Å²) < 4.78 is 53.2. The predicted octanol–water partition coefficient (Wildman–Crippen LogP) is 3.70. The van der Waals surface area contributed by atoms with E-state index in [4.69, 9.17) is 14.2 Å². The summed E-state index contributed by atoms with van der Waals surface area (Å²) in [7, 11) is 1.34. The third kappa shape index (κ3) is 3.78. The van der Waals surface area contributed by atoms with E-state index in [9.17, 15) is 13.2 Å². The molecule has 0 spiro atoms. The van der Waals surface area contributed by atoms with Gasteiger partial charge in [0, 0.05) is 7.11 Å². The van der Waals surface area contributed by atoms with Crippen LogP contribution in [0.3, 0.4) is 0 Å². The fourth-order valence-corrected chi connectivity index (χ4v) is 1.70. The first-order valence-electron chi connectivity index (χ1n) is 6.15. The largest absolute Gasteiger partial charge is 0.416 e. The molecule has 0 aromatic heterocycles. The highest BCUT2D eigenvalue weighted by Crippen LogP contribution is 2.34. The van der Waals surface area contributed by atoms with Crippen LogP contribution in [0.4, 0.5) is 13.2 Å². The average Bonchev–Trinajstić information content (AvgIpc) is 2.72. The number of benzene rings is 1. The third-order valence-electron chi connectivity index (χ3n) is 2.75. The number of azo groups is 1. The van der Waals surface area contributed by atoms with E-state index < -0.39 is 23.6 Å². The summed E-state index contributed by atoms with van der Waals surface area (Å²) in [4.78, 5) is 0. The molecule has 2 rings (SSSR count). The summed E-state index contributed by atoms with van der Waals surface area (Å²) in [6.07, 6.45) is -6.02. The first kappa shape index (κ1) is 15.9. The Morgan fingerprint density at radius 2 is 1.76 bits per heavy atom. The van der Waals surface area contributed by atoms with E-state index >= 15 is 0 Å². The number of alkyl halides is 3. The van der Waals surface area contributed by atoms with Crippen LogP contribution in [0.25, 0.3) is 0 Å². The molecule has 1 heterocycles. The maximum absolute atomic E-state index is 12.5. The number of rotatable bonds is 4. The highest BCUT2D eigenvalue weighted by Gasteiger charge is 2.45. The molecule has 0 amide bonds. The monoisotopic (exact) mass is 304 g/mol. The lowest BCUT2D eigenvalue weighted by Gasteiger charge is -2.25. The lowest BCUT2D eigenvalue weighted by Crippen LogP contribution is -2.37. The van der Waals surface area contributed by atoms with Crippen molar-refractivity contribution in [2.24, 2.45) is 10.2 Å². The van der Waals surface area contributed by atoms with Crippen LogP contribution in [-0.4, -0.2) is 18.9 Å². The molecule has 1 aliphatic rings. The zero-order valence-electron chi connectivity index (χ0n) is 11.8. The van der Waals surface area contributed by atoms with Crippen LogP contribution in [0.2, 0.25) is 0 Å². The Morgan fingerprint density at radius 1 is 1.14 bits per heavy atom. The highest BCUT2D eigenvalue weighted by atomic mass is 19.4. The number of hydrogen-bond donors (Lipinski definition) is 0. The molecule has 0 aliphatic carbocycles. The van der Waals surface area contributed by atoms with Crippen molar-refractivity contribution in [2.75, 3.05) is 7.11 Å². The zero-order valence-corrected chi connectivity index (χ0v) is 11.8. The van der Waals surface area contributed by atoms with Crippen molar-refractivity contribution in [3.05, 3.63) is 35.4 Å². The second kappa shape index (κ2) is 5.36. The summed E-state index contributed by atoms with van der Waals surface area (Å²) in [6, 6.07) is 4.62. The smallest absolute Gasteiger partial charge is 0.310 e. The molecule has 116 valence electrons. The van der Waals surface area contributed by atoms with Crippen LogP contribution in [0, 0.1) is 0 Å². The van der Waals surface area contributed by atoms with Gasteiger partial charge in [-0.2, -0.15) is 18.3 Å². The summed E-state index contributed by atoms with van der Waals surface area (Å²) >= 11 is 0. The second-order valence-electron chi connectivity index (χ2n) is 4.96. The molecule has 21 heavy (non-hydrogen) atoms. The Hall–Kier alpha value is -1.51. The molecular formula is C13H15F3N2O3. The van der Waals surface area contributed by atoms with Gasteiger partial charge in [0.2, 0.25) is 0 Å². The molecule has 0 saturated heterocycles. The van der Waals surface area contributed by atoms with Gasteiger partial charge in [-0.15, -0.1) is 0 Å². The molecular weight excluding hydrogens is 289 g/mol. The van der Waals surface area contributed by atoms with E-state index in [1.807, 2.05) is 0 Å². The van der Waals surface area contributed by atoms with Crippen LogP contribution >= 0.6 is 0 Å². The molecule has 0 radical (unpaired) electrons. The molecule has 1 aliphatic heterocycles. The molecule has 5 nitrogen and oxygen atoms in total. The summed E-state index contributed by atoms with van der Waals surface area (Å²) in [6.45, 7) is 3.33. The van der Waals surface area contributed by atoms with E-state index in [1.54, 1.807) is 13.8 Å². The highest BCUT2D eigenvalue weighted by molar-refractivity contribution is 5.24. The van der Waals surface area contributed by atoms with Gasteiger partial charge in [-0.3, -0.25) is 4.74 Å². The lowest BCUT2D eigenvalue weighted by molar-refractivity contribution is -0.380. The quantitative estimate of drug-likeness (QED) is 0.797. The van der Waals surface area contributed by atoms with Gasteiger partial charge in [0.15, 0.2) is 5.72 Å². The summed E-state index contributed by atoms with van der Waals surface area (Å²) in [5.74, 6) is 0. The minimum atomic E-state index is -4.36. The van der Waals surface area contributed by atoms with Crippen LogP contribution in [0.1, 0.15) is 25.0 Å². The Labute approximate surface area is 119 Å². The van der Waals surface area contributed by atoms with Gasteiger partial charge >= 0.3 is 12.3 Å². The van der Waals surface area contributed by atoms with E-state index in [0.29, 0.717) is 5.56 Å². The Kier molecular flexibility index (Phi) is 4.05. The van der Waals surface area contributed by atoms with Crippen molar-refractivity contribution in [3.63, 3.8) is 0 Å². The van der Waals surface area contributed by atoms with E-state index in [1.165, 1.54) is 19.2 Å². The van der Waals surface area contributed by atoms with E-state index in [2.05, 4.69) is 10.2 Å². The van der Waals surface area contributed by atoms with Gasteiger partial charge in [0.25, 0.3) is 0 Å². The van der Waals surface area contributed by atoms with Crippen molar-refractivity contribution in [3.8, 4) is 0 Å². The Morgan fingerprint density at radius 3 is 2.19 bits per heavy atom. The first-order chi connectivity index (χ1) is 9.66. The number of methoxy groups -OCH3 is 1. The molecule has 1 atom stereocenters. The normalized spacial score (nSPS) is 24.5. The fraction of sp³-hybridized carbons (Fsp3) is 0.538. The number of nitrogens with zero attached hydrogens (tertiary/aromatic N) is 2. The summed E-state index contributed by atoms with van der Waals surface area (Å²) in [5.41, 5.74) is -1.07. The van der Waals surface area contributed by atoms with Gasteiger partial charge in [-0.25, -0.2) is 0 Å². The minimum Gasteiger partial charge on any atom is -0.310 e. The Bertz CT molecular complexity index is 528. The minimum absolute atomic E-state index is 0.0267. The van der Waals surface area contributed by atoms with Crippen LogP contribution < -0.4 is 0 Å². The maximum atomic E-state index is 12.5. The predicted molar refractivity (Wildman–Crippen MR) is 66.0 cm³/mol. The molecule has 0 fully saturated rings. The van der Waals surface area contributed by atoms with Crippen molar-refractivity contribution < 1.29 is 27.4 Å². The lowest BCUT2D eigenvalue weighted by atomic mass is 10.1. The molecule has 8 heteroatoms. The van der Waals surface area contributed by atoms with Crippen LogP contribution in [0.15, 0.2) is 34.5 Å². The fourth-order valence-electron chi connectivity index (χ4n) is 1.70. The van der Waals surface area contributed by atoms with Gasteiger partial charge in [-0.05, 0) is 31.5 Å². The molecule has 1 aromatic carbocycles. The molecule has 0 N–H and O–H groups in total. The number of hydrogen-bond acceptors (Lipinski definition) is 5. The number of ether oxygens (including phenoxy) is 3. The molecule has 0 saturated carbocycles. The number of halogens is 3. The topological polar surface area (TPSA) is 52.4 Å². The molecule has 1 unspecified atom stereocenters. The van der Waals surface area contributed by atoms with Crippen LogP contribution in [0.5, 0.6) is 0 Å². The van der Waals surface area contributed by atoms with Gasteiger partial charge in [-0.1, -0.05) is 17.2 Å². The van der Waals surface area contributed by atoms with E-state index in [-0.39, 0.29) is 6.61 Å². The van der Waals surface area contributed by atoms with E-state index in [0.717, 1.165) is 12.1 Å². The standard InChI is InChI=1S/C13H15F3N2O3/c1-11(2)17-18-13(19-3,21-11)20-8-9-4-6-10(7-5-9)12(14,15)16/h4-7H,8H2,1-3H3. The summed E-state index contributed by atoms with van der Waals surface area (Å²) in [5, 5.41) is 7.64. The molecule has 1 aromatic rings. The first-order valence-corrected chi connectivity index (χ1v) is 6.15. The maximum Gasteiger partial charge on any atom is 0.416 e. The van der Waals surface area contributed by atoms with Gasteiger partial charge in [0.1, 0.15) is 0 Å². The van der Waals surface area contributed by atoms with Crippen molar-refractivity contribution in [2.45, 2.75) is 38.5 Å².